The van der Waals surface area contributed by atoms with Crippen molar-refractivity contribution in [1.29, 1.82) is 10.8 Å². The fourth-order valence-electron chi connectivity index (χ4n) is 2.57. The van der Waals surface area contributed by atoms with Crippen LogP contribution in [0.3, 0.4) is 0 Å². The van der Waals surface area contributed by atoms with Gasteiger partial charge in [-0.25, -0.2) is 13.4 Å². The van der Waals surface area contributed by atoms with E-state index in [0.717, 1.165) is 6.26 Å². The highest BCUT2D eigenvalue weighted by molar-refractivity contribution is 7.90. The topological polar surface area (TPSA) is 152 Å². The normalized spacial score (nSPS) is 11.3. The fraction of sp³-hybridized carbons (Fsp3) is 0.0556. The van der Waals surface area contributed by atoms with E-state index < -0.39 is 9.84 Å². The average Bonchev–Trinajstić information content (AvgIpc) is 3.07. The molecule has 1 heterocycles. The summed E-state index contributed by atoms with van der Waals surface area (Å²) < 4.78 is 25.9. The highest BCUT2D eigenvalue weighted by atomic mass is 32.2. The first-order valence-electron chi connectivity index (χ1n) is 7.86. The zero-order valence-electron chi connectivity index (χ0n) is 14.5. The van der Waals surface area contributed by atoms with E-state index in [-0.39, 0.29) is 16.8 Å². The van der Waals surface area contributed by atoms with Gasteiger partial charge in [0.15, 0.2) is 0 Å². The van der Waals surface area contributed by atoms with E-state index in [0.29, 0.717) is 28.1 Å². The number of aromatic nitrogens is 2. The van der Waals surface area contributed by atoms with Gasteiger partial charge >= 0.3 is 0 Å². The minimum Gasteiger partial charge on any atom is -0.384 e. The Bertz CT molecular complexity index is 1130. The lowest BCUT2D eigenvalue weighted by Crippen LogP contribution is -2.11. The third kappa shape index (κ3) is 3.72. The molecule has 3 aromatic rings. The van der Waals surface area contributed by atoms with Crippen LogP contribution >= 0.6 is 0 Å². The first-order chi connectivity index (χ1) is 12.7. The maximum Gasteiger partial charge on any atom is 0.232 e. The number of rotatable bonds is 5. The van der Waals surface area contributed by atoms with Crippen LogP contribution in [-0.2, 0) is 9.84 Å². The van der Waals surface area contributed by atoms with Gasteiger partial charge in [-0.1, -0.05) is 24.3 Å². The molecular formula is C18H18N6O2S. The molecule has 138 valence electrons. The first-order valence-corrected chi connectivity index (χ1v) is 9.75. The molecule has 9 heteroatoms. The van der Waals surface area contributed by atoms with Crippen molar-refractivity contribution >= 4 is 21.5 Å². The van der Waals surface area contributed by atoms with Crippen molar-refractivity contribution in [2.75, 3.05) is 6.26 Å². The molecule has 27 heavy (non-hydrogen) atoms. The predicted molar refractivity (Wildman–Crippen MR) is 104 cm³/mol. The Balaban J connectivity index is 2.11. The lowest BCUT2D eigenvalue weighted by Gasteiger charge is -2.07. The highest BCUT2D eigenvalue weighted by Gasteiger charge is 2.19. The second-order valence-electron chi connectivity index (χ2n) is 6.00. The largest absolute Gasteiger partial charge is 0.384 e. The number of benzene rings is 2. The predicted octanol–water partition coefficient (Wildman–Crippen LogP) is 1.51. The standard InChI is InChI=1S/C18H18N6O2S/c1-27(25,26)18-23-15(11-2-4-12(5-3-11)16(19)20)10-24(18)14-8-6-13(7-9-14)17(21)22/h2-10H,1H3,(H3,19,20)(H3,21,22). The van der Waals surface area contributed by atoms with E-state index in [1.807, 2.05) is 0 Å². The van der Waals surface area contributed by atoms with E-state index in [1.165, 1.54) is 4.57 Å². The van der Waals surface area contributed by atoms with Crippen molar-refractivity contribution in [2.24, 2.45) is 11.5 Å². The Morgan fingerprint density at radius 2 is 1.41 bits per heavy atom. The fourth-order valence-corrected chi connectivity index (χ4v) is 3.35. The molecule has 0 spiro atoms. The van der Waals surface area contributed by atoms with Gasteiger partial charge in [-0.3, -0.25) is 15.4 Å². The summed E-state index contributed by atoms with van der Waals surface area (Å²) in [6, 6.07) is 13.5. The van der Waals surface area contributed by atoms with Crippen LogP contribution < -0.4 is 11.5 Å². The quantitative estimate of drug-likeness (QED) is 0.389. The lowest BCUT2D eigenvalue weighted by molar-refractivity contribution is 0.590. The van der Waals surface area contributed by atoms with Crippen molar-refractivity contribution in [2.45, 2.75) is 5.16 Å². The highest BCUT2D eigenvalue weighted by Crippen LogP contribution is 2.24. The molecule has 0 amide bonds. The number of nitrogens with one attached hydrogen (secondary N) is 2. The maximum atomic E-state index is 12.2. The molecule has 0 aliphatic rings. The molecule has 8 nitrogen and oxygen atoms in total. The SMILES string of the molecule is CS(=O)(=O)c1nc(-c2ccc(C(=N)N)cc2)cn1-c1ccc(C(=N)N)cc1. The number of hydrogen-bond acceptors (Lipinski definition) is 5. The van der Waals surface area contributed by atoms with Crippen LogP contribution in [-0.4, -0.2) is 35.9 Å². The van der Waals surface area contributed by atoms with Crippen LogP contribution in [0.25, 0.3) is 16.9 Å². The minimum absolute atomic E-state index is 0.0468. The van der Waals surface area contributed by atoms with Crippen molar-refractivity contribution in [3.05, 3.63) is 65.9 Å². The molecule has 6 N–H and O–H groups in total. The summed E-state index contributed by atoms with van der Waals surface area (Å²) >= 11 is 0. The molecular weight excluding hydrogens is 364 g/mol. The molecule has 0 unspecified atom stereocenters. The number of hydrogen-bond donors (Lipinski definition) is 4. The first kappa shape index (κ1) is 18.3. The number of amidine groups is 2. The van der Waals surface area contributed by atoms with Gasteiger partial charge in [-0.2, -0.15) is 0 Å². The smallest absolute Gasteiger partial charge is 0.232 e. The summed E-state index contributed by atoms with van der Waals surface area (Å²) in [6.45, 7) is 0. The number of nitrogens with zero attached hydrogens (tertiary/aromatic N) is 2. The Labute approximate surface area is 156 Å². The third-order valence-corrected chi connectivity index (χ3v) is 4.90. The molecule has 1 aromatic heterocycles. The minimum atomic E-state index is -3.59. The van der Waals surface area contributed by atoms with E-state index in [2.05, 4.69) is 4.98 Å². The van der Waals surface area contributed by atoms with Crippen LogP contribution in [0.4, 0.5) is 0 Å². The zero-order chi connectivity index (χ0) is 19.8. The van der Waals surface area contributed by atoms with Crippen LogP contribution in [0.2, 0.25) is 0 Å². The van der Waals surface area contributed by atoms with Gasteiger partial charge in [0.2, 0.25) is 15.0 Å². The number of nitrogen functional groups attached to an aromatic ring is 2. The van der Waals surface area contributed by atoms with Crippen LogP contribution in [0.1, 0.15) is 11.1 Å². The molecule has 0 aliphatic heterocycles. The Hall–Kier alpha value is -3.46. The van der Waals surface area contributed by atoms with E-state index >= 15 is 0 Å². The molecule has 0 fully saturated rings. The van der Waals surface area contributed by atoms with Crippen molar-refractivity contribution in [3.63, 3.8) is 0 Å². The van der Waals surface area contributed by atoms with Gasteiger partial charge in [0.25, 0.3) is 0 Å². The Kier molecular flexibility index (Phi) is 4.54. The van der Waals surface area contributed by atoms with Crippen molar-refractivity contribution in [1.82, 2.24) is 9.55 Å². The second kappa shape index (κ2) is 6.69. The van der Waals surface area contributed by atoms with Crippen LogP contribution in [0, 0.1) is 10.8 Å². The van der Waals surface area contributed by atoms with Gasteiger partial charge < -0.3 is 11.5 Å². The molecule has 2 aromatic carbocycles. The average molecular weight is 382 g/mol. The molecule has 0 aliphatic carbocycles. The lowest BCUT2D eigenvalue weighted by atomic mass is 10.1. The molecule has 0 atom stereocenters. The van der Waals surface area contributed by atoms with Gasteiger partial charge in [0.05, 0.1) is 5.69 Å². The van der Waals surface area contributed by atoms with E-state index in [1.54, 1.807) is 54.7 Å². The summed E-state index contributed by atoms with van der Waals surface area (Å²) in [5.74, 6) is -0.115. The molecule has 0 bridgehead atoms. The Morgan fingerprint density at radius 3 is 1.85 bits per heavy atom. The van der Waals surface area contributed by atoms with E-state index in [9.17, 15) is 8.42 Å². The Morgan fingerprint density at radius 1 is 0.926 bits per heavy atom. The zero-order valence-corrected chi connectivity index (χ0v) is 15.3. The molecule has 0 saturated heterocycles. The summed E-state index contributed by atoms with van der Waals surface area (Å²) in [5.41, 5.74) is 13.8. The monoisotopic (exact) mass is 382 g/mol. The second-order valence-corrected chi connectivity index (χ2v) is 7.91. The number of sulfone groups is 1. The third-order valence-electron chi connectivity index (χ3n) is 3.95. The van der Waals surface area contributed by atoms with Crippen LogP contribution in [0.15, 0.2) is 59.9 Å². The maximum absolute atomic E-state index is 12.2. The summed E-state index contributed by atoms with van der Waals surface area (Å²) in [6.07, 6.45) is 2.72. The summed E-state index contributed by atoms with van der Waals surface area (Å²) in [4.78, 5) is 4.28. The van der Waals surface area contributed by atoms with Gasteiger partial charge in [0, 0.05) is 34.8 Å². The van der Waals surface area contributed by atoms with Gasteiger partial charge in [-0.05, 0) is 24.3 Å². The van der Waals surface area contributed by atoms with Gasteiger partial charge in [0.1, 0.15) is 11.7 Å². The number of imidazole rings is 1. The summed E-state index contributed by atoms with van der Waals surface area (Å²) in [7, 11) is -3.59. The van der Waals surface area contributed by atoms with Crippen LogP contribution in [0.5, 0.6) is 0 Å². The number of nitrogens with two attached hydrogens (primary N) is 2. The van der Waals surface area contributed by atoms with Gasteiger partial charge in [-0.15, -0.1) is 0 Å². The van der Waals surface area contributed by atoms with Crippen molar-refractivity contribution in [3.8, 4) is 16.9 Å². The molecule has 0 saturated carbocycles. The van der Waals surface area contributed by atoms with Crippen molar-refractivity contribution < 1.29 is 8.42 Å². The van der Waals surface area contributed by atoms with E-state index in [4.69, 9.17) is 22.3 Å². The molecule has 3 rings (SSSR count). The molecule has 0 radical (unpaired) electrons. The summed E-state index contributed by atoms with van der Waals surface area (Å²) in [5, 5.41) is 14.8.